The number of hydrogen-bond acceptors (Lipinski definition) is 4. The van der Waals surface area contributed by atoms with Crippen LogP contribution in [0.25, 0.3) is 0 Å². The number of hydrogen-bond donors (Lipinski definition) is 2. The predicted molar refractivity (Wildman–Crippen MR) is 81.2 cm³/mol. The van der Waals surface area contributed by atoms with E-state index in [1.165, 1.54) is 30.2 Å². The van der Waals surface area contributed by atoms with Crippen LogP contribution in [-0.4, -0.2) is 31.2 Å². The van der Waals surface area contributed by atoms with Crippen molar-refractivity contribution in [1.82, 2.24) is 15.1 Å². The molecule has 1 amide bonds. The van der Waals surface area contributed by atoms with E-state index in [-0.39, 0.29) is 23.0 Å². The second-order valence-electron chi connectivity index (χ2n) is 4.14. The Morgan fingerprint density at radius 1 is 1.38 bits per heavy atom. The Hall–Kier alpha value is -1.87. The van der Waals surface area contributed by atoms with Crippen LogP contribution in [0.1, 0.15) is 0 Å². The number of rotatable bonds is 5. The first-order valence-electron chi connectivity index (χ1n) is 5.93. The van der Waals surface area contributed by atoms with E-state index in [1.807, 2.05) is 0 Å². The number of likely N-dealkylation sites (N-methyl/N-ethyl adjacent to an activating group) is 1. The number of carbonyl (C=O) groups excluding carboxylic acids is 1. The Bertz CT molecular complexity index is 757. The van der Waals surface area contributed by atoms with Gasteiger partial charge in [-0.2, -0.15) is 5.10 Å². The Balaban J connectivity index is 2.18. The molecule has 112 valence electrons. The summed E-state index contributed by atoms with van der Waals surface area (Å²) in [4.78, 5) is 11.4. The lowest BCUT2D eigenvalue weighted by atomic mass is 10.4. The molecule has 0 radical (unpaired) electrons. The third kappa shape index (κ3) is 3.82. The van der Waals surface area contributed by atoms with Crippen molar-refractivity contribution in [1.29, 1.82) is 0 Å². The van der Waals surface area contributed by atoms with Crippen molar-refractivity contribution < 1.29 is 13.2 Å². The van der Waals surface area contributed by atoms with Crippen molar-refractivity contribution in [3.05, 3.63) is 41.1 Å². The molecule has 9 heteroatoms. The number of aromatic nitrogens is 2. The second-order valence-corrected chi connectivity index (χ2v) is 6.64. The van der Waals surface area contributed by atoms with Crippen LogP contribution in [0.15, 0.2) is 46.0 Å². The fraction of sp³-hybridized carbons (Fsp3) is 0.167. The molecular weight excluding hydrogens is 360 g/mol. The van der Waals surface area contributed by atoms with Gasteiger partial charge in [0, 0.05) is 17.7 Å². The maximum atomic E-state index is 12.3. The second kappa shape index (κ2) is 6.27. The SMILES string of the molecule is CNC(=O)Cn1cc(NS(=O)(=O)c2ccccc2Br)cn1. The van der Waals surface area contributed by atoms with Gasteiger partial charge in [-0.15, -0.1) is 0 Å². The number of amides is 1. The standard InChI is InChI=1S/C12H13BrN4O3S/c1-14-12(18)8-17-7-9(6-15-17)16-21(19,20)11-5-3-2-4-10(11)13/h2-7,16H,8H2,1H3,(H,14,18). The highest BCUT2D eigenvalue weighted by molar-refractivity contribution is 9.10. The maximum Gasteiger partial charge on any atom is 0.263 e. The van der Waals surface area contributed by atoms with Gasteiger partial charge in [-0.05, 0) is 28.1 Å². The minimum absolute atomic E-state index is 0.0211. The monoisotopic (exact) mass is 372 g/mol. The number of nitrogens with zero attached hydrogens (tertiary/aromatic N) is 2. The van der Waals surface area contributed by atoms with Crippen LogP contribution < -0.4 is 10.0 Å². The molecule has 1 aromatic carbocycles. The van der Waals surface area contributed by atoms with Gasteiger partial charge in [0.05, 0.1) is 11.9 Å². The van der Waals surface area contributed by atoms with Crippen molar-refractivity contribution in [2.45, 2.75) is 11.4 Å². The largest absolute Gasteiger partial charge is 0.358 e. The van der Waals surface area contributed by atoms with E-state index in [0.717, 1.165) is 0 Å². The Kier molecular flexibility index (Phi) is 4.63. The van der Waals surface area contributed by atoms with Crippen LogP contribution >= 0.6 is 15.9 Å². The summed E-state index contributed by atoms with van der Waals surface area (Å²) in [5.74, 6) is -0.224. The van der Waals surface area contributed by atoms with Crippen LogP contribution in [0.2, 0.25) is 0 Å². The number of anilines is 1. The molecule has 0 aliphatic carbocycles. The van der Waals surface area contributed by atoms with E-state index < -0.39 is 10.0 Å². The summed E-state index contributed by atoms with van der Waals surface area (Å²) in [6.07, 6.45) is 2.79. The van der Waals surface area contributed by atoms with Gasteiger partial charge in [0.1, 0.15) is 11.4 Å². The van der Waals surface area contributed by atoms with Crippen molar-refractivity contribution in [2.24, 2.45) is 0 Å². The molecular formula is C12H13BrN4O3S. The lowest BCUT2D eigenvalue weighted by Crippen LogP contribution is -2.23. The average Bonchev–Trinajstić information content (AvgIpc) is 2.85. The smallest absolute Gasteiger partial charge is 0.263 e. The molecule has 0 saturated heterocycles. The lowest BCUT2D eigenvalue weighted by molar-refractivity contribution is -0.121. The highest BCUT2D eigenvalue weighted by Crippen LogP contribution is 2.23. The van der Waals surface area contributed by atoms with Crippen molar-refractivity contribution in [2.75, 3.05) is 11.8 Å². The number of benzene rings is 1. The Morgan fingerprint density at radius 2 is 2.10 bits per heavy atom. The fourth-order valence-electron chi connectivity index (χ4n) is 1.60. The van der Waals surface area contributed by atoms with Crippen LogP contribution in [0, 0.1) is 0 Å². The summed E-state index contributed by atoms with van der Waals surface area (Å²) in [6, 6.07) is 6.49. The molecule has 0 aliphatic heterocycles. The average molecular weight is 373 g/mol. The van der Waals surface area contributed by atoms with Crippen LogP contribution in [-0.2, 0) is 21.4 Å². The first kappa shape index (κ1) is 15.5. The molecule has 2 aromatic rings. The summed E-state index contributed by atoms with van der Waals surface area (Å²) < 4.78 is 28.7. The molecule has 0 fully saturated rings. The molecule has 2 N–H and O–H groups in total. The van der Waals surface area contributed by atoms with Crippen LogP contribution in [0.5, 0.6) is 0 Å². The zero-order valence-electron chi connectivity index (χ0n) is 11.1. The quantitative estimate of drug-likeness (QED) is 0.824. The number of sulfonamides is 1. The minimum atomic E-state index is -3.72. The molecule has 2 rings (SSSR count). The summed E-state index contributed by atoms with van der Waals surface area (Å²) in [5, 5.41) is 6.38. The molecule has 0 saturated carbocycles. The van der Waals surface area contributed by atoms with Crippen molar-refractivity contribution >= 4 is 37.5 Å². The van der Waals surface area contributed by atoms with E-state index in [1.54, 1.807) is 18.2 Å². The van der Waals surface area contributed by atoms with Gasteiger partial charge in [0.25, 0.3) is 10.0 Å². The zero-order chi connectivity index (χ0) is 15.5. The molecule has 0 atom stereocenters. The van der Waals surface area contributed by atoms with Crippen molar-refractivity contribution in [3.8, 4) is 0 Å². The molecule has 7 nitrogen and oxygen atoms in total. The van der Waals surface area contributed by atoms with Gasteiger partial charge in [0.15, 0.2) is 0 Å². The third-order valence-corrected chi connectivity index (χ3v) is 4.99. The number of nitrogens with one attached hydrogen (secondary N) is 2. The molecule has 0 aliphatic rings. The summed E-state index contributed by atoms with van der Waals surface area (Å²) >= 11 is 3.20. The highest BCUT2D eigenvalue weighted by Gasteiger charge is 2.18. The predicted octanol–water partition coefficient (Wildman–Crippen LogP) is 1.19. The molecule has 1 heterocycles. The molecule has 0 spiro atoms. The van der Waals surface area contributed by atoms with Gasteiger partial charge in [-0.3, -0.25) is 14.2 Å². The summed E-state index contributed by atoms with van der Waals surface area (Å²) in [6.45, 7) is 0.0211. The van der Waals surface area contributed by atoms with E-state index >= 15 is 0 Å². The molecule has 1 aromatic heterocycles. The van der Waals surface area contributed by atoms with Crippen LogP contribution in [0.3, 0.4) is 0 Å². The van der Waals surface area contributed by atoms with Gasteiger partial charge in [-0.1, -0.05) is 12.1 Å². The Labute approximate surface area is 130 Å². The summed E-state index contributed by atoms with van der Waals surface area (Å²) in [7, 11) is -2.20. The first-order valence-corrected chi connectivity index (χ1v) is 8.20. The first-order chi connectivity index (χ1) is 9.92. The summed E-state index contributed by atoms with van der Waals surface area (Å²) in [5.41, 5.74) is 0.287. The molecule has 0 bridgehead atoms. The Morgan fingerprint density at radius 3 is 2.76 bits per heavy atom. The zero-order valence-corrected chi connectivity index (χ0v) is 13.5. The normalized spacial score (nSPS) is 11.1. The number of carbonyl (C=O) groups is 1. The van der Waals surface area contributed by atoms with Crippen LogP contribution in [0.4, 0.5) is 5.69 Å². The van der Waals surface area contributed by atoms with Gasteiger partial charge in [-0.25, -0.2) is 8.42 Å². The maximum absolute atomic E-state index is 12.3. The van der Waals surface area contributed by atoms with E-state index in [2.05, 4.69) is 31.1 Å². The third-order valence-electron chi connectivity index (χ3n) is 2.60. The van der Waals surface area contributed by atoms with Gasteiger partial charge in [0.2, 0.25) is 5.91 Å². The van der Waals surface area contributed by atoms with E-state index in [4.69, 9.17) is 0 Å². The minimum Gasteiger partial charge on any atom is -0.358 e. The molecule has 0 unspecified atom stereocenters. The van der Waals surface area contributed by atoms with Gasteiger partial charge >= 0.3 is 0 Å². The number of halogens is 1. The molecule has 21 heavy (non-hydrogen) atoms. The highest BCUT2D eigenvalue weighted by atomic mass is 79.9. The lowest BCUT2D eigenvalue weighted by Gasteiger charge is -2.07. The fourth-order valence-corrected chi connectivity index (χ4v) is 3.63. The van der Waals surface area contributed by atoms with E-state index in [9.17, 15) is 13.2 Å². The van der Waals surface area contributed by atoms with Gasteiger partial charge < -0.3 is 5.32 Å². The van der Waals surface area contributed by atoms with Crippen molar-refractivity contribution in [3.63, 3.8) is 0 Å². The van der Waals surface area contributed by atoms with E-state index in [0.29, 0.717) is 4.47 Å². The topological polar surface area (TPSA) is 93.1 Å².